The molecule has 0 radical (unpaired) electrons. The fourth-order valence-corrected chi connectivity index (χ4v) is 10.0. The molecular formula is C54H34N2OS. The summed E-state index contributed by atoms with van der Waals surface area (Å²) in [5, 5.41) is 4.99. The van der Waals surface area contributed by atoms with Crippen LogP contribution in [0.3, 0.4) is 0 Å². The zero-order valence-electron chi connectivity index (χ0n) is 31.3. The van der Waals surface area contributed by atoms with Crippen LogP contribution >= 0.6 is 11.3 Å². The summed E-state index contributed by atoms with van der Waals surface area (Å²) in [4.78, 5) is 2.41. The Bertz CT molecular complexity index is 3340. The van der Waals surface area contributed by atoms with Crippen molar-refractivity contribution in [2.75, 3.05) is 4.90 Å². The quantitative estimate of drug-likeness (QED) is 0.168. The predicted octanol–water partition coefficient (Wildman–Crippen LogP) is 15.7. The first-order chi connectivity index (χ1) is 28.7. The summed E-state index contributed by atoms with van der Waals surface area (Å²) >= 11 is 1.86. The minimum Gasteiger partial charge on any atom is -0.453 e. The normalized spacial score (nSPS) is 11.9. The summed E-state index contributed by atoms with van der Waals surface area (Å²) in [6.07, 6.45) is 0. The molecule has 9 aromatic carbocycles. The van der Waals surface area contributed by atoms with Crippen molar-refractivity contribution in [3.63, 3.8) is 0 Å². The number of fused-ring (bicyclic) bond motifs is 8. The van der Waals surface area contributed by atoms with Crippen LogP contribution in [-0.4, -0.2) is 4.57 Å². The number of anilines is 3. The number of hydrogen-bond acceptors (Lipinski definition) is 3. The zero-order chi connectivity index (χ0) is 38.2. The van der Waals surface area contributed by atoms with Crippen LogP contribution in [0.5, 0.6) is 11.5 Å². The standard InChI is InChI=1S/C54H34N2OS/c1-2-10-35(11-3-1)36-20-22-37(23-21-36)38-24-29-41(30-25-38)55(48-16-8-14-46-44-12-4-7-19-52(44)58-54(46)48)42-31-26-39(27-32-42)40-28-33-43-45-13-9-18-51-53(45)56(49(43)34-40)47-15-5-6-17-50(47)57-51/h1-34H. The number of aromatic nitrogens is 1. The molecule has 0 saturated carbocycles. The number of nitrogens with zero attached hydrogens (tertiary/aromatic N) is 2. The molecule has 0 atom stereocenters. The predicted molar refractivity (Wildman–Crippen MR) is 245 cm³/mol. The third kappa shape index (κ3) is 5.19. The van der Waals surface area contributed by atoms with Gasteiger partial charge in [0, 0.05) is 37.6 Å². The molecule has 0 aliphatic carbocycles. The van der Waals surface area contributed by atoms with E-state index in [4.69, 9.17) is 4.74 Å². The van der Waals surface area contributed by atoms with Gasteiger partial charge in [-0.2, -0.15) is 0 Å². The first-order valence-corrected chi connectivity index (χ1v) is 20.5. The number of thiophene rings is 1. The third-order valence-electron chi connectivity index (χ3n) is 11.6. The lowest BCUT2D eigenvalue weighted by molar-refractivity contribution is 0.476. The molecule has 1 aliphatic heterocycles. The highest BCUT2D eigenvalue weighted by Crippen LogP contribution is 2.47. The SMILES string of the molecule is c1ccc(-c2ccc(-c3ccc(N(c4ccc(-c5ccc6c7cccc8c7n(c6c5)-c5ccccc5O8)cc4)c4cccc5c4sc4ccccc45)cc3)cc2)cc1. The van der Waals surface area contributed by atoms with Crippen LogP contribution < -0.4 is 9.64 Å². The smallest absolute Gasteiger partial charge is 0.152 e. The van der Waals surface area contributed by atoms with Gasteiger partial charge in [0.1, 0.15) is 0 Å². The summed E-state index contributed by atoms with van der Waals surface area (Å²) in [6, 6.07) is 74.4. The van der Waals surface area contributed by atoms with E-state index in [1.54, 1.807) is 0 Å². The third-order valence-corrected chi connectivity index (χ3v) is 12.8. The second-order valence-corrected chi connectivity index (χ2v) is 16.0. The van der Waals surface area contributed by atoms with Crippen LogP contribution in [-0.2, 0) is 0 Å². The lowest BCUT2D eigenvalue weighted by atomic mass is 10.00. The second-order valence-electron chi connectivity index (χ2n) is 14.9. The van der Waals surface area contributed by atoms with Gasteiger partial charge in [-0.25, -0.2) is 0 Å². The molecule has 3 nitrogen and oxygen atoms in total. The maximum absolute atomic E-state index is 6.37. The van der Waals surface area contributed by atoms with Gasteiger partial charge in [-0.3, -0.25) is 0 Å². The van der Waals surface area contributed by atoms with E-state index in [-0.39, 0.29) is 0 Å². The van der Waals surface area contributed by atoms with Crippen molar-refractivity contribution in [1.29, 1.82) is 0 Å². The van der Waals surface area contributed by atoms with Gasteiger partial charge in [-0.1, -0.05) is 146 Å². The van der Waals surface area contributed by atoms with E-state index < -0.39 is 0 Å². The average Bonchev–Trinajstić information content (AvgIpc) is 3.85. The zero-order valence-corrected chi connectivity index (χ0v) is 32.2. The van der Waals surface area contributed by atoms with Crippen LogP contribution in [0.25, 0.3) is 81.0 Å². The molecule has 0 amide bonds. The second kappa shape index (κ2) is 13.1. The van der Waals surface area contributed by atoms with Crippen molar-refractivity contribution in [2.24, 2.45) is 0 Å². The number of benzene rings is 9. The minimum absolute atomic E-state index is 0.873. The Morgan fingerprint density at radius 2 is 0.948 bits per heavy atom. The monoisotopic (exact) mass is 758 g/mol. The average molecular weight is 759 g/mol. The van der Waals surface area contributed by atoms with E-state index >= 15 is 0 Å². The summed E-state index contributed by atoms with van der Waals surface area (Å²) in [5.74, 6) is 1.76. The Morgan fingerprint density at radius 1 is 0.397 bits per heavy atom. The van der Waals surface area contributed by atoms with Crippen LogP contribution in [0.4, 0.5) is 17.1 Å². The molecule has 1 aliphatic rings. The topological polar surface area (TPSA) is 17.4 Å². The van der Waals surface area contributed by atoms with Crippen LogP contribution in [0.15, 0.2) is 206 Å². The van der Waals surface area contributed by atoms with Gasteiger partial charge >= 0.3 is 0 Å². The molecule has 58 heavy (non-hydrogen) atoms. The van der Waals surface area contributed by atoms with Gasteiger partial charge in [0.2, 0.25) is 0 Å². The summed E-state index contributed by atoms with van der Waals surface area (Å²) in [7, 11) is 0. The van der Waals surface area contributed by atoms with E-state index in [9.17, 15) is 0 Å². The Morgan fingerprint density at radius 3 is 1.71 bits per heavy atom. The fourth-order valence-electron chi connectivity index (χ4n) is 8.82. The maximum atomic E-state index is 6.37. The van der Waals surface area contributed by atoms with Crippen molar-refractivity contribution in [3.05, 3.63) is 206 Å². The molecule has 3 heterocycles. The van der Waals surface area contributed by atoms with E-state index in [2.05, 4.69) is 204 Å². The number of rotatable bonds is 6. The Balaban J connectivity index is 0.956. The van der Waals surface area contributed by atoms with Crippen molar-refractivity contribution in [3.8, 4) is 50.6 Å². The van der Waals surface area contributed by atoms with Crippen molar-refractivity contribution >= 4 is 70.4 Å². The molecule has 0 bridgehead atoms. The Labute approximate surface area is 339 Å². The molecule has 4 heteroatoms. The van der Waals surface area contributed by atoms with E-state index in [0.717, 1.165) is 34.1 Å². The van der Waals surface area contributed by atoms with Crippen molar-refractivity contribution in [1.82, 2.24) is 4.57 Å². The van der Waals surface area contributed by atoms with Gasteiger partial charge < -0.3 is 14.2 Å². The summed E-state index contributed by atoms with van der Waals surface area (Å²) < 4.78 is 11.3. The molecule has 11 aromatic rings. The molecule has 0 unspecified atom stereocenters. The van der Waals surface area contributed by atoms with E-state index in [0.29, 0.717) is 0 Å². The Hall–Kier alpha value is -7.40. The van der Waals surface area contributed by atoms with Gasteiger partial charge in [-0.05, 0) is 94.0 Å². The van der Waals surface area contributed by atoms with Crippen LogP contribution in [0.2, 0.25) is 0 Å². The molecular weight excluding hydrogens is 725 g/mol. The minimum atomic E-state index is 0.873. The van der Waals surface area contributed by atoms with Gasteiger partial charge in [0.15, 0.2) is 11.5 Å². The molecule has 0 N–H and O–H groups in total. The number of hydrogen-bond donors (Lipinski definition) is 0. The maximum Gasteiger partial charge on any atom is 0.152 e. The molecule has 272 valence electrons. The van der Waals surface area contributed by atoms with E-state index in [1.807, 2.05) is 23.5 Å². The first kappa shape index (κ1) is 32.8. The lowest BCUT2D eigenvalue weighted by Crippen LogP contribution is -2.10. The lowest BCUT2D eigenvalue weighted by Gasteiger charge is -2.26. The summed E-state index contributed by atoms with van der Waals surface area (Å²) in [5.41, 5.74) is 13.9. The van der Waals surface area contributed by atoms with Crippen molar-refractivity contribution < 1.29 is 4.74 Å². The summed E-state index contributed by atoms with van der Waals surface area (Å²) in [6.45, 7) is 0. The largest absolute Gasteiger partial charge is 0.453 e. The fraction of sp³-hybridized carbons (Fsp3) is 0. The molecule has 12 rings (SSSR count). The Kier molecular flexibility index (Phi) is 7.40. The highest BCUT2D eigenvalue weighted by molar-refractivity contribution is 7.26. The molecule has 0 spiro atoms. The molecule has 2 aromatic heterocycles. The van der Waals surface area contributed by atoms with Crippen LogP contribution in [0.1, 0.15) is 0 Å². The van der Waals surface area contributed by atoms with Gasteiger partial charge in [0.05, 0.1) is 27.1 Å². The van der Waals surface area contributed by atoms with Crippen molar-refractivity contribution in [2.45, 2.75) is 0 Å². The molecule has 0 fully saturated rings. The number of ether oxygens (including phenoxy) is 1. The number of para-hydroxylation sites is 3. The first-order valence-electron chi connectivity index (χ1n) is 19.7. The highest BCUT2D eigenvalue weighted by Gasteiger charge is 2.24. The highest BCUT2D eigenvalue weighted by atomic mass is 32.1. The van der Waals surface area contributed by atoms with E-state index in [1.165, 1.54) is 75.5 Å². The van der Waals surface area contributed by atoms with Gasteiger partial charge in [-0.15, -0.1) is 11.3 Å². The van der Waals surface area contributed by atoms with Crippen LogP contribution in [0, 0.1) is 0 Å². The van der Waals surface area contributed by atoms with Gasteiger partial charge in [0.25, 0.3) is 0 Å². The molecule has 0 saturated heterocycles.